The highest BCUT2D eigenvalue weighted by Gasteiger charge is 2.23. The second-order valence-electron chi connectivity index (χ2n) is 7.92. The molecule has 2 aromatic rings. The van der Waals surface area contributed by atoms with Crippen molar-refractivity contribution in [3.8, 4) is 5.75 Å². The van der Waals surface area contributed by atoms with E-state index in [4.69, 9.17) is 20.9 Å². The zero-order chi connectivity index (χ0) is 23.5. The molecule has 1 amide bonds. The Morgan fingerprint density at radius 1 is 1.16 bits per heavy atom. The zero-order valence-electron chi connectivity index (χ0n) is 18.0. The first kappa shape index (κ1) is 24.4. The Balaban J connectivity index is 1.55. The lowest BCUT2D eigenvalue weighted by atomic mass is 10.0. The number of benzene rings is 2. The minimum atomic E-state index is -4.31. The van der Waals surface area contributed by atoms with Crippen LogP contribution in [0.25, 0.3) is 0 Å². The quantitative estimate of drug-likeness (QED) is 0.607. The molecule has 0 unspecified atom stereocenters. The van der Waals surface area contributed by atoms with Crippen LogP contribution in [-0.2, 0) is 27.2 Å². The fourth-order valence-corrected chi connectivity index (χ4v) is 4.61. The lowest BCUT2D eigenvalue weighted by Crippen LogP contribution is -2.49. The smallest absolute Gasteiger partial charge is 0.269 e. The van der Waals surface area contributed by atoms with Crippen LogP contribution in [0.3, 0.4) is 0 Å². The summed E-state index contributed by atoms with van der Waals surface area (Å²) >= 11 is 6.03. The highest BCUT2D eigenvalue weighted by molar-refractivity contribution is 7.85. The number of ether oxygens (including phenoxy) is 1. The van der Waals surface area contributed by atoms with Crippen molar-refractivity contribution >= 4 is 27.6 Å². The van der Waals surface area contributed by atoms with Gasteiger partial charge < -0.3 is 9.64 Å². The molecule has 0 bridgehead atoms. The maximum Gasteiger partial charge on any atom is 0.269 e. The Hall–Kier alpha value is -2.20. The minimum Gasteiger partial charge on any atom is -0.483 e. The van der Waals surface area contributed by atoms with E-state index in [1.807, 2.05) is 13.0 Å². The maximum atomic E-state index is 13.7. The van der Waals surface area contributed by atoms with Gasteiger partial charge in [-0.3, -0.25) is 14.2 Å². The normalized spacial score (nSPS) is 15.1. The van der Waals surface area contributed by atoms with Crippen molar-refractivity contribution < 1.29 is 26.9 Å². The number of rotatable bonds is 7. The van der Waals surface area contributed by atoms with Gasteiger partial charge in [-0.1, -0.05) is 23.7 Å². The molecule has 1 N–H and O–H groups in total. The molecular weight excluding hydrogens is 459 g/mol. The molecule has 0 aliphatic carbocycles. The van der Waals surface area contributed by atoms with Gasteiger partial charge in [0.1, 0.15) is 17.3 Å². The molecule has 1 aliphatic heterocycles. The molecule has 1 fully saturated rings. The first-order valence-corrected chi connectivity index (χ1v) is 12.1. The van der Waals surface area contributed by atoms with Crippen LogP contribution in [0.4, 0.5) is 4.39 Å². The lowest BCUT2D eigenvalue weighted by molar-refractivity contribution is -0.135. The van der Waals surface area contributed by atoms with Crippen LogP contribution in [0.5, 0.6) is 5.75 Å². The van der Waals surface area contributed by atoms with Crippen molar-refractivity contribution in [3.63, 3.8) is 0 Å². The van der Waals surface area contributed by atoms with E-state index in [1.165, 1.54) is 12.1 Å². The number of amides is 1. The van der Waals surface area contributed by atoms with Gasteiger partial charge >= 0.3 is 0 Å². The molecule has 0 radical (unpaired) electrons. The average Bonchev–Trinajstić information content (AvgIpc) is 2.72. The fourth-order valence-electron chi connectivity index (χ4n) is 3.63. The third-order valence-corrected chi connectivity index (χ3v) is 6.50. The number of carbonyl (C=O) groups excluding carboxylic acids is 1. The third kappa shape index (κ3) is 6.41. The van der Waals surface area contributed by atoms with E-state index < -0.39 is 15.9 Å². The number of aryl methyl sites for hydroxylation is 2. The second kappa shape index (κ2) is 10.2. The summed E-state index contributed by atoms with van der Waals surface area (Å²) in [4.78, 5) is 16.5. The fraction of sp³-hybridized carbons (Fsp3) is 0.409. The topological polar surface area (TPSA) is 87.2 Å². The summed E-state index contributed by atoms with van der Waals surface area (Å²) in [5.74, 6) is -0.987. The summed E-state index contributed by atoms with van der Waals surface area (Å²) in [6.45, 7) is 6.45. The van der Waals surface area contributed by atoms with Crippen LogP contribution in [0.1, 0.15) is 22.3 Å². The number of carbonyl (C=O) groups is 1. The van der Waals surface area contributed by atoms with Gasteiger partial charge in [0, 0.05) is 43.3 Å². The van der Waals surface area contributed by atoms with Gasteiger partial charge in [-0.2, -0.15) is 8.42 Å². The maximum absolute atomic E-state index is 13.7. The van der Waals surface area contributed by atoms with E-state index in [-0.39, 0.29) is 34.7 Å². The molecule has 1 saturated heterocycles. The molecular formula is C22H26ClFN2O5S. The van der Waals surface area contributed by atoms with Crippen LogP contribution in [0.15, 0.2) is 30.3 Å². The molecule has 2 aromatic carbocycles. The van der Waals surface area contributed by atoms with Crippen LogP contribution in [0.2, 0.25) is 5.02 Å². The summed E-state index contributed by atoms with van der Waals surface area (Å²) in [5.41, 5.74) is 2.70. The van der Waals surface area contributed by atoms with Gasteiger partial charge in [-0.05, 0) is 48.7 Å². The van der Waals surface area contributed by atoms with E-state index in [0.717, 1.165) is 11.1 Å². The van der Waals surface area contributed by atoms with Gasteiger partial charge in [-0.25, -0.2) is 4.39 Å². The highest BCUT2D eigenvalue weighted by atomic mass is 35.5. The molecule has 7 nitrogen and oxygen atoms in total. The Kier molecular flexibility index (Phi) is 7.76. The van der Waals surface area contributed by atoms with Crippen molar-refractivity contribution in [2.24, 2.45) is 0 Å². The van der Waals surface area contributed by atoms with Gasteiger partial charge in [0.15, 0.2) is 6.61 Å². The predicted molar refractivity (Wildman–Crippen MR) is 120 cm³/mol. The number of halogens is 2. The van der Waals surface area contributed by atoms with Crippen molar-refractivity contribution in [1.29, 1.82) is 0 Å². The van der Waals surface area contributed by atoms with E-state index in [0.29, 0.717) is 38.3 Å². The van der Waals surface area contributed by atoms with E-state index in [2.05, 4.69) is 4.90 Å². The van der Waals surface area contributed by atoms with Gasteiger partial charge in [0.2, 0.25) is 0 Å². The van der Waals surface area contributed by atoms with Crippen molar-refractivity contribution in [1.82, 2.24) is 9.80 Å². The van der Waals surface area contributed by atoms with Crippen LogP contribution in [-0.4, -0.2) is 61.5 Å². The molecule has 3 rings (SSSR count). The van der Waals surface area contributed by atoms with Gasteiger partial charge in [-0.15, -0.1) is 0 Å². The monoisotopic (exact) mass is 484 g/mol. The summed E-state index contributed by atoms with van der Waals surface area (Å²) in [7, 11) is -4.31. The number of piperazine rings is 1. The molecule has 1 heterocycles. The first-order chi connectivity index (χ1) is 15.0. The van der Waals surface area contributed by atoms with Gasteiger partial charge in [0.25, 0.3) is 16.0 Å². The number of hydrogen-bond donors (Lipinski definition) is 1. The van der Waals surface area contributed by atoms with Gasteiger partial charge in [0.05, 0.1) is 0 Å². The standard InChI is InChI=1S/C22H26ClFN2O5S/c1-15-11-20(24)16(2)10-17(15)12-25-6-8-26(9-7-25)22(27)13-31-21-5-3-4-19(23)18(21)14-32(28,29)30/h3-5,10-11H,6-9,12-14H2,1-2H3,(H,28,29,30). The second-order valence-corrected chi connectivity index (χ2v) is 9.78. The number of nitrogens with zero attached hydrogens (tertiary/aromatic N) is 2. The SMILES string of the molecule is Cc1cc(CN2CCN(C(=O)COc3cccc(Cl)c3CS(=O)(=O)O)CC2)c(C)cc1F. The molecule has 174 valence electrons. The Morgan fingerprint density at radius 2 is 1.84 bits per heavy atom. The minimum absolute atomic E-state index is 0.110. The lowest BCUT2D eigenvalue weighted by Gasteiger charge is -2.35. The van der Waals surface area contributed by atoms with Crippen molar-refractivity contribution in [2.75, 3.05) is 32.8 Å². The van der Waals surface area contributed by atoms with Crippen molar-refractivity contribution in [3.05, 3.63) is 63.4 Å². The summed E-state index contributed by atoms with van der Waals surface area (Å²) in [5, 5.41) is 0.132. The molecule has 10 heteroatoms. The molecule has 32 heavy (non-hydrogen) atoms. The van der Waals surface area contributed by atoms with E-state index >= 15 is 0 Å². The number of hydrogen-bond acceptors (Lipinski definition) is 5. The van der Waals surface area contributed by atoms with E-state index in [9.17, 15) is 17.6 Å². The molecule has 0 spiro atoms. The highest BCUT2D eigenvalue weighted by Crippen LogP contribution is 2.28. The molecule has 1 aliphatic rings. The Bertz CT molecular complexity index is 1100. The third-order valence-electron chi connectivity index (χ3n) is 5.49. The predicted octanol–water partition coefficient (Wildman–Crippen LogP) is 3.21. The average molecular weight is 485 g/mol. The molecule has 0 atom stereocenters. The first-order valence-electron chi connectivity index (χ1n) is 10.1. The summed E-state index contributed by atoms with van der Waals surface area (Å²) in [6.07, 6.45) is 0. The van der Waals surface area contributed by atoms with Crippen molar-refractivity contribution in [2.45, 2.75) is 26.1 Å². The molecule has 0 aromatic heterocycles. The Morgan fingerprint density at radius 3 is 2.50 bits per heavy atom. The Labute approximate surface area is 192 Å². The van der Waals surface area contributed by atoms with Crippen LogP contribution >= 0.6 is 11.6 Å². The molecule has 0 saturated carbocycles. The zero-order valence-corrected chi connectivity index (χ0v) is 19.5. The van der Waals surface area contributed by atoms with Crippen LogP contribution in [0, 0.1) is 19.7 Å². The summed E-state index contributed by atoms with van der Waals surface area (Å²) < 4.78 is 50.9. The van der Waals surface area contributed by atoms with Crippen LogP contribution < -0.4 is 4.74 Å². The summed E-state index contributed by atoms with van der Waals surface area (Å²) in [6, 6.07) is 7.98. The van der Waals surface area contributed by atoms with E-state index in [1.54, 1.807) is 24.0 Å². The largest absolute Gasteiger partial charge is 0.483 e.